The molecule has 0 atom stereocenters. The van der Waals surface area contributed by atoms with Crippen LogP contribution in [0.4, 0.5) is 5.69 Å². The maximum atomic E-state index is 10.5. The van der Waals surface area contributed by atoms with Crippen LogP contribution in [0.5, 0.6) is 5.75 Å². The third-order valence-electron chi connectivity index (χ3n) is 1.63. The molecule has 7 heteroatoms. The quantitative estimate of drug-likeness (QED) is 0.448. The monoisotopic (exact) mass is 223 g/mol. The first-order valence-electron chi connectivity index (χ1n) is 4.28. The van der Waals surface area contributed by atoms with Gasteiger partial charge in [-0.05, 0) is 12.1 Å². The van der Waals surface area contributed by atoms with Crippen LogP contribution in [0.3, 0.4) is 0 Å². The SMILES string of the molecule is CC(=O)N/N=C\c1ccc(O)c([N+](=O)[O-])c1. The van der Waals surface area contributed by atoms with E-state index in [2.05, 4.69) is 10.5 Å². The number of nitro groups is 1. The van der Waals surface area contributed by atoms with Gasteiger partial charge in [0.2, 0.25) is 5.91 Å². The summed E-state index contributed by atoms with van der Waals surface area (Å²) in [6.07, 6.45) is 1.24. The highest BCUT2D eigenvalue weighted by molar-refractivity contribution is 5.83. The Bertz CT molecular complexity index is 456. The zero-order valence-electron chi connectivity index (χ0n) is 8.38. The van der Waals surface area contributed by atoms with E-state index in [9.17, 15) is 14.9 Å². The standard InChI is InChI=1S/C9H9N3O4/c1-6(13)11-10-5-7-2-3-9(14)8(4-7)12(15)16/h2-5,14H,1H3,(H,11,13)/b10-5-. The van der Waals surface area contributed by atoms with Gasteiger partial charge in [0.25, 0.3) is 0 Å². The predicted molar refractivity (Wildman–Crippen MR) is 56.2 cm³/mol. The van der Waals surface area contributed by atoms with Gasteiger partial charge in [0.05, 0.1) is 11.1 Å². The third kappa shape index (κ3) is 3.05. The molecular weight excluding hydrogens is 214 g/mol. The van der Waals surface area contributed by atoms with Gasteiger partial charge in [-0.15, -0.1) is 0 Å². The van der Waals surface area contributed by atoms with Crippen molar-refractivity contribution in [3.05, 3.63) is 33.9 Å². The van der Waals surface area contributed by atoms with Crippen molar-refractivity contribution in [2.45, 2.75) is 6.92 Å². The predicted octanol–water partition coefficient (Wildman–Crippen LogP) is 0.770. The van der Waals surface area contributed by atoms with Gasteiger partial charge in [-0.3, -0.25) is 14.9 Å². The molecule has 0 fully saturated rings. The first-order chi connectivity index (χ1) is 7.50. The fourth-order valence-electron chi connectivity index (χ4n) is 0.965. The first-order valence-corrected chi connectivity index (χ1v) is 4.28. The average Bonchev–Trinajstić information content (AvgIpc) is 2.19. The number of benzene rings is 1. The number of carbonyl (C=O) groups excluding carboxylic acids is 1. The molecule has 0 aliphatic carbocycles. The normalized spacial score (nSPS) is 10.3. The first kappa shape index (κ1) is 11.6. The van der Waals surface area contributed by atoms with E-state index in [1.165, 1.54) is 25.3 Å². The minimum Gasteiger partial charge on any atom is -0.502 e. The maximum Gasteiger partial charge on any atom is 0.311 e. The van der Waals surface area contributed by atoms with Gasteiger partial charge >= 0.3 is 5.69 Å². The molecule has 0 aliphatic heterocycles. The number of aromatic hydroxyl groups is 1. The maximum absolute atomic E-state index is 10.5. The van der Waals surface area contributed by atoms with Crippen LogP contribution in [0, 0.1) is 10.1 Å². The van der Waals surface area contributed by atoms with Crippen LogP contribution >= 0.6 is 0 Å². The molecule has 0 unspecified atom stereocenters. The molecular formula is C9H9N3O4. The van der Waals surface area contributed by atoms with Crippen molar-refractivity contribution in [2.75, 3.05) is 0 Å². The summed E-state index contributed by atoms with van der Waals surface area (Å²) in [6, 6.07) is 3.78. The van der Waals surface area contributed by atoms with Gasteiger partial charge in [0, 0.05) is 18.6 Å². The second-order valence-electron chi connectivity index (χ2n) is 2.93. The fourth-order valence-corrected chi connectivity index (χ4v) is 0.965. The lowest BCUT2D eigenvalue weighted by Crippen LogP contribution is -2.12. The summed E-state index contributed by atoms with van der Waals surface area (Å²) >= 11 is 0. The van der Waals surface area contributed by atoms with E-state index >= 15 is 0 Å². The molecule has 0 aliphatic rings. The molecule has 2 N–H and O–H groups in total. The molecule has 1 rings (SSSR count). The lowest BCUT2D eigenvalue weighted by Gasteiger charge is -1.97. The van der Waals surface area contributed by atoms with Crippen molar-refractivity contribution in [3.8, 4) is 5.75 Å². The molecule has 84 valence electrons. The molecule has 0 heterocycles. The van der Waals surface area contributed by atoms with E-state index < -0.39 is 16.4 Å². The Morgan fingerprint density at radius 1 is 1.62 bits per heavy atom. The Morgan fingerprint density at radius 3 is 2.88 bits per heavy atom. The molecule has 1 amide bonds. The van der Waals surface area contributed by atoms with Crippen LogP contribution < -0.4 is 5.43 Å². The molecule has 1 aromatic rings. The zero-order valence-corrected chi connectivity index (χ0v) is 8.38. The Kier molecular flexibility index (Phi) is 3.54. The molecule has 0 spiro atoms. The molecule has 0 aromatic heterocycles. The van der Waals surface area contributed by atoms with Crippen molar-refractivity contribution in [1.82, 2.24) is 5.43 Å². The third-order valence-corrected chi connectivity index (χ3v) is 1.63. The van der Waals surface area contributed by atoms with Gasteiger partial charge in [0.15, 0.2) is 5.75 Å². The highest BCUT2D eigenvalue weighted by Crippen LogP contribution is 2.25. The largest absolute Gasteiger partial charge is 0.502 e. The lowest BCUT2D eigenvalue weighted by atomic mass is 10.2. The Balaban J connectivity index is 2.91. The zero-order chi connectivity index (χ0) is 12.1. The van der Waals surface area contributed by atoms with E-state index in [0.29, 0.717) is 5.56 Å². The Hall–Kier alpha value is -2.44. The second-order valence-corrected chi connectivity index (χ2v) is 2.93. The number of nitrogens with one attached hydrogen (secondary N) is 1. The molecule has 0 radical (unpaired) electrons. The van der Waals surface area contributed by atoms with Crippen LogP contribution in [0.15, 0.2) is 23.3 Å². The number of nitrogens with zero attached hydrogens (tertiary/aromatic N) is 2. The van der Waals surface area contributed by atoms with Crippen molar-refractivity contribution in [1.29, 1.82) is 0 Å². The summed E-state index contributed by atoms with van der Waals surface area (Å²) in [5.41, 5.74) is 2.15. The molecule has 7 nitrogen and oxygen atoms in total. The summed E-state index contributed by atoms with van der Waals surface area (Å²) in [6.45, 7) is 1.29. The van der Waals surface area contributed by atoms with E-state index in [1.54, 1.807) is 0 Å². The van der Waals surface area contributed by atoms with Gasteiger partial charge in [0.1, 0.15) is 0 Å². The molecule has 0 saturated carbocycles. The van der Waals surface area contributed by atoms with Crippen LogP contribution in [0.2, 0.25) is 0 Å². The topological polar surface area (TPSA) is 105 Å². The number of carbonyl (C=O) groups is 1. The lowest BCUT2D eigenvalue weighted by molar-refractivity contribution is -0.385. The van der Waals surface area contributed by atoms with E-state index in [4.69, 9.17) is 5.11 Å². The fraction of sp³-hybridized carbons (Fsp3) is 0.111. The minimum atomic E-state index is -0.703. The smallest absolute Gasteiger partial charge is 0.311 e. The van der Waals surface area contributed by atoms with Crippen molar-refractivity contribution >= 4 is 17.8 Å². The molecule has 16 heavy (non-hydrogen) atoms. The summed E-state index contributed by atoms with van der Waals surface area (Å²) in [4.78, 5) is 20.3. The van der Waals surface area contributed by atoms with E-state index in [0.717, 1.165) is 6.07 Å². The van der Waals surface area contributed by atoms with Crippen LogP contribution in [0.25, 0.3) is 0 Å². The number of hydrogen-bond acceptors (Lipinski definition) is 5. The van der Waals surface area contributed by atoms with Gasteiger partial charge in [-0.25, -0.2) is 5.43 Å². The van der Waals surface area contributed by atoms with Gasteiger partial charge < -0.3 is 5.11 Å². The second kappa shape index (κ2) is 4.87. The highest BCUT2D eigenvalue weighted by Gasteiger charge is 2.12. The van der Waals surface area contributed by atoms with Gasteiger partial charge in [-0.2, -0.15) is 5.10 Å². The Morgan fingerprint density at radius 2 is 2.31 bits per heavy atom. The minimum absolute atomic E-state index is 0.343. The van der Waals surface area contributed by atoms with Crippen LogP contribution in [-0.2, 0) is 4.79 Å². The number of phenols is 1. The van der Waals surface area contributed by atoms with Crippen molar-refractivity contribution in [3.63, 3.8) is 0 Å². The van der Waals surface area contributed by atoms with E-state index in [-0.39, 0.29) is 5.91 Å². The highest BCUT2D eigenvalue weighted by atomic mass is 16.6. The van der Waals surface area contributed by atoms with E-state index in [1.807, 2.05) is 0 Å². The Labute approximate surface area is 90.6 Å². The number of hydrogen-bond donors (Lipinski definition) is 2. The summed E-state index contributed by atoms with van der Waals surface area (Å²) in [5.74, 6) is -0.758. The van der Waals surface area contributed by atoms with Crippen LogP contribution in [-0.4, -0.2) is 22.2 Å². The summed E-state index contributed by atoms with van der Waals surface area (Å²) in [7, 11) is 0. The van der Waals surface area contributed by atoms with Crippen molar-refractivity contribution < 1.29 is 14.8 Å². The number of nitro benzene ring substituents is 1. The summed E-state index contributed by atoms with van der Waals surface area (Å²) in [5, 5.41) is 23.2. The number of phenolic OH excluding ortho intramolecular Hbond substituents is 1. The summed E-state index contributed by atoms with van der Waals surface area (Å²) < 4.78 is 0. The van der Waals surface area contributed by atoms with Gasteiger partial charge in [-0.1, -0.05) is 0 Å². The number of amides is 1. The average molecular weight is 223 g/mol. The molecule has 1 aromatic carbocycles. The molecule has 0 saturated heterocycles. The number of rotatable bonds is 3. The number of hydrazone groups is 1. The van der Waals surface area contributed by atoms with Crippen molar-refractivity contribution in [2.24, 2.45) is 5.10 Å². The molecule has 0 bridgehead atoms. The van der Waals surface area contributed by atoms with Crippen LogP contribution in [0.1, 0.15) is 12.5 Å².